The van der Waals surface area contributed by atoms with Crippen LogP contribution in [0.25, 0.3) is 10.9 Å². The van der Waals surface area contributed by atoms with Gasteiger partial charge in [-0.15, -0.1) is 0 Å². The molecule has 7 heteroatoms. The van der Waals surface area contributed by atoms with Crippen LogP contribution in [0.4, 0.5) is 20.3 Å². The number of hydrogen-bond acceptors (Lipinski definition) is 4. The first-order chi connectivity index (χ1) is 10.5. The molecule has 0 saturated carbocycles. The summed E-state index contributed by atoms with van der Waals surface area (Å²) >= 11 is 0. The number of halogens is 2. The summed E-state index contributed by atoms with van der Waals surface area (Å²) in [7, 11) is 0. The number of nitrogens with zero attached hydrogens (tertiary/aromatic N) is 2. The Kier molecular flexibility index (Phi) is 3.38. The van der Waals surface area contributed by atoms with Crippen molar-refractivity contribution in [2.75, 3.05) is 11.1 Å². The minimum absolute atomic E-state index is 0.0906. The normalized spacial score (nSPS) is 10.6. The monoisotopic (exact) mass is 300 g/mol. The molecule has 0 unspecified atom stereocenters. The van der Waals surface area contributed by atoms with Crippen LogP contribution in [0.15, 0.2) is 42.7 Å². The van der Waals surface area contributed by atoms with Crippen LogP contribution in [0.5, 0.6) is 0 Å². The van der Waals surface area contributed by atoms with E-state index in [2.05, 4.69) is 15.3 Å². The van der Waals surface area contributed by atoms with Crippen LogP contribution in [0, 0.1) is 11.6 Å². The molecule has 110 valence electrons. The fourth-order valence-corrected chi connectivity index (χ4v) is 1.95. The summed E-state index contributed by atoms with van der Waals surface area (Å²) in [5.41, 5.74) is 6.04. The number of pyridine rings is 2. The van der Waals surface area contributed by atoms with Gasteiger partial charge in [-0.3, -0.25) is 9.78 Å². The molecule has 0 aliphatic heterocycles. The van der Waals surface area contributed by atoms with E-state index in [-0.39, 0.29) is 5.52 Å². The number of hydrogen-bond donors (Lipinski definition) is 2. The molecule has 3 rings (SSSR count). The van der Waals surface area contributed by atoms with Crippen molar-refractivity contribution in [3.05, 3.63) is 59.9 Å². The molecule has 0 bridgehead atoms. The number of rotatable bonds is 2. The maximum Gasteiger partial charge on any atom is 0.257 e. The highest BCUT2D eigenvalue weighted by Gasteiger charge is 2.11. The lowest BCUT2D eigenvalue weighted by Crippen LogP contribution is -2.12. The molecule has 0 radical (unpaired) electrons. The van der Waals surface area contributed by atoms with Gasteiger partial charge in [-0.2, -0.15) is 0 Å². The quantitative estimate of drug-likeness (QED) is 0.762. The van der Waals surface area contributed by atoms with Gasteiger partial charge in [-0.25, -0.2) is 13.8 Å². The zero-order valence-corrected chi connectivity index (χ0v) is 11.2. The van der Waals surface area contributed by atoms with Gasteiger partial charge >= 0.3 is 0 Å². The molecule has 0 atom stereocenters. The van der Waals surface area contributed by atoms with Gasteiger partial charge in [0.2, 0.25) is 0 Å². The number of amides is 1. The Morgan fingerprint density at radius 3 is 2.64 bits per heavy atom. The highest BCUT2D eigenvalue weighted by Crippen LogP contribution is 2.21. The van der Waals surface area contributed by atoms with Crippen molar-refractivity contribution < 1.29 is 13.6 Å². The third-order valence-corrected chi connectivity index (χ3v) is 3.05. The average molecular weight is 300 g/mol. The Morgan fingerprint density at radius 2 is 1.91 bits per heavy atom. The van der Waals surface area contributed by atoms with Crippen LogP contribution in [-0.4, -0.2) is 15.9 Å². The van der Waals surface area contributed by atoms with Crippen LogP contribution in [0.1, 0.15) is 10.4 Å². The van der Waals surface area contributed by atoms with E-state index >= 15 is 0 Å². The Bertz CT molecular complexity index is 865. The van der Waals surface area contributed by atoms with Gasteiger partial charge in [0.1, 0.15) is 11.3 Å². The molecule has 2 aromatic heterocycles. The summed E-state index contributed by atoms with van der Waals surface area (Å²) in [5, 5.41) is 2.99. The fraction of sp³-hybridized carbons (Fsp3) is 0. The summed E-state index contributed by atoms with van der Waals surface area (Å²) in [4.78, 5) is 19.7. The number of nitrogens with one attached hydrogen (secondary N) is 1. The van der Waals surface area contributed by atoms with Crippen LogP contribution in [0.3, 0.4) is 0 Å². The SMILES string of the molecule is Nc1ccc(C(=O)Nc2cnc3c(F)c(F)ccc3c2)cn1. The van der Waals surface area contributed by atoms with E-state index in [1.165, 1.54) is 36.7 Å². The molecule has 3 N–H and O–H groups in total. The number of aromatic nitrogens is 2. The number of nitrogens with two attached hydrogens (primary N) is 1. The molecule has 1 amide bonds. The largest absolute Gasteiger partial charge is 0.384 e. The molecule has 3 aromatic rings. The smallest absolute Gasteiger partial charge is 0.257 e. The Morgan fingerprint density at radius 1 is 1.09 bits per heavy atom. The first-order valence-electron chi connectivity index (χ1n) is 6.31. The number of benzene rings is 1. The zero-order valence-electron chi connectivity index (χ0n) is 11.2. The Labute approximate surface area is 123 Å². The van der Waals surface area contributed by atoms with Crippen LogP contribution < -0.4 is 11.1 Å². The topological polar surface area (TPSA) is 80.9 Å². The van der Waals surface area contributed by atoms with E-state index in [9.17, 15) is 13.6 Å². The van der Waals surface area contributed by atoms with Crippen molar-refractivity contribution in [3.8, 4) is 0 Å². The Balaban J connectivity index is 1.89. The van der Waals surface area contributed by atoms with Gasteiger partial charge in [0.15, 0.2) is 11.6 Å². The van der Waals surface area contributed by atoms with Crippen LogP contribution in [-0.2, 0) is 0 Å². The van der Waals surface area contributed by atoms with E-state index in [0.29, 0.717) is 22.5 Å². The minimum atomic E-state index is -1.02. The Hall–Kier alpha value is -3.09. The third-order valence-electron chi connectivity index (χ3n) is 3.05. The summed E-state index contributed by atoms with van der Waals surface area (Å²) in [6.45, 7) is 0. The van der Waals surface area contributed by atoms with Crippen molar-refractivity contribution in [3.63, 3.8) is 0 Å². The van der Waals surface area contributed by atoms with E-state index in [1.807, 2.05) is 0 Å². The number of nitrogen functional groups attached to an aromatic ring is 1. The molecule has 5 nitrogen and oxygen atoms in total. The minimum Gasteiger partial charge on any atom is -0.384 e. The number of carbonyl (C=O) groups excluding carboxylic acids is 1. The predicted molar refractivity (Wildman–Crippen MR) is 78.3 cm³/mol. The maximum absolute atomic E-state index is 13.6. The summed E-state index contributed by atoms with van der Waals surface area (Å²) < 4.78 is 26.7. The second-order valence-electron chi connectivity index (χ2n) is 4.58. The molecular weight excluding hydrogens is 290 g/mol. The van der Waals surface area contributed by atoms with Gasteiger partial charge in [0.05, 0.1) is 17.4 Å². The first-order valence-corrected chi connectivity index (χ1v) is 6.31. The molecule has 0 spiro atoms. The molecular formula is C15H10F2N4O. The molecule has 0 aliphatic rings. The van der Waals surface area contributed by atoms with Crippen LogP contribution >= 0.6 is 0 Å². The molecule has 1 aromatic carbocycles. The first kappa shape index (κ1) is 13.9. The van der Waals surface area contributed by atoms with E-state index in [0.717, 1.165) is 6.07 Å². The zero-order chi connectivity index (χ0) is 15.7. The standard InChI is InChI=1S/C15H10F2N4O/c16-11-3-1-8-5-10(7-20-14(8)13(11)17)21-15(22)9-2-4-12(18)19-6-9/h1-7H,(H2,18,19)(H,21,22). The van der Waals surface area contributed by atoms with E-state index in [1.54, 1.807) is 0 Å². The van der Waals surface area contributed by atoms with Gasteiger partial charge in [-0.05, 0) is 30.3 Å². The van der Waals surface area contributed by atoms with Crippen molar-refractivity contribution in [1.29, 1.82) is 0 Å². The van der Waals surface area contributed by atoms with Gasteiger partial charge in [0.25, 0.3) is 5.91 Å². The van der Waals surface area contributed by atoms with Crippen molar-refractivity contribution in [2.24, 2.45) is 0 Å². The molecule has 0 aliphatic carbocycles. The highest BCUT2D eigenvalue weighted by atomic mass is 19.2. The molecule has 22 heavy (non-hydrogen) atoms. The lowest BCUT2D eigenvalue weighted by atomic mass is 10.2. The summed E-state index contributed by atoms with van der Waals surface area (Å²) in [5.74, 6) is -2.08. The maximum atomic E-state index is 13.6. The molecule has 0 fully saturated rings. The fourth-order valence-electron chi connectivity index (χ4n) is 1.95. The third kappa shape index (κ3) is 2.56. The van der Waals surface area contributed by atoms with E-state index in [4.69, 9.17) is 5.73 Å². The molecule has 2 heterocycles. The van der Waals surface area contributed by atoms with Gasteiger partial charge in [0, 0.05) is 11.6 Å². The number of fused-ring (bicyclic) bond motifs is 1. The van der Waals surface area contributed by atoms with Crippen molar-refractivity contribution in [2.45, 2.75) is 0 Å². The second-order valence-corrected chi connectivity index (χ2v) is 4.58. The van der Waals surface area contributed by atoms with Crippen molar-refractivity contribution >= 4 is 28.3 Å². The summed E-state index contributed by atoms with van der Waals surface area (Å²) in [6.07, 6.45) is 2.60. The second kappa shape index (κ2) is 5.36. The van der Waals surface area contributed by atoms with Crippen molar-refractivity contribution in [1.82, 2.24) is 9.97 Å². The van der Waals surface area contributed by atoms with E-state index < -0.39 is 17.5 Å². The summed E-state index contributed by atoms with van der Waals surface area (Å²) in [6, 6.07) is 6.94. The van der Waals surface area contributed by atoms with Gasteiger partial charge in [-0.1, -0.05) is 0 Å². The lowest BCUT2D eigenvalue weighted by Gasteiger charge is -2.07. The van der Waals surface area contributed by atoms with Gasteiger partial charge < -0.3 is 11.1 Å². The lowest BCUT2D eigenvalue weighted by molar-refractivity contribution is 0.102. The van der Waals surface area contributed by atoms with Crippen LogP contribution in [0.2, 0.25) is 0 Å². The number of carbonyl (C=O) groups is 1. The molecule has 0 saturated heterocycles. The average Bonchev–Trinajstić information content (AvgIpc) is 2.51. The highest BCUT2D eigenvalue weighted by molar-refractivity contribution is 6.04. The number of anilines is 2. The predicted octanol–water partition coefficient (Wildman–Crippen LogP) is 2.74.